The summed E-state index contributed by atoms with van der Waals surface area (Å²) in [6, 6.07) is 14.4. The van der Waals surface area contributed by atoms with E-state index >= 15 is 0 Å². The molecule has 2 heterocycles. The maximum atomic E-state index is 13.9. The summed E-state index contributed by atoms with van der Waals surface area (Å²) in [5.41, 5.74) is 2.97. The van der Waals surface area contributed by atoms with Crippen molar-refractivity contribution in [3.8, 4) is 0 Å². The van der Waals surface area contributed by atoms with Crippen LogP contribution in [0.25, 0.3) is 0 Å². The van der Waals surface area contributed by atoms with Crippen molar-refractivity contribution in [3.05, 3.63) is 100 Å². The van der Waals surface area contributed by atoms with Gasteiger partial charge >= 0.3 is 0 Å². The molecule has 0 saturated carbocycles. The molecule has 3 aromatic carbocycles. The van der Waals surface area contributed by atoms with Crippen LogP contribution in [0.5, 0.6) is 0 Å². The predicted octanol–water partition coefficient (Wildman–Crippen LogP) is 5.00. The fraction of sp³-hybridized carbons (Fsp3) is 0.200. The number of benzene rings is 3. The van der Waals surface area contributed by atoms with E-state index in [0.717, 1.165) is 17.7 Å². The minimum atomic E-state index is -1.27. The lowest BCUT2D eigenvalue weighted by Gasteiger charge is -2.33. The van der Waals surface area contributed by atoms with Gasteiger partial charge in [-0.2, -0.15) is 0 Å². The van der Waals surface area contributed by atoms with Crippen molar-refractivity contribution in [1.29, 1.82) is 0 Å². The molecule has 0 N–H and O–H groups in total. The SMILES string of the molecule is Cc1ccc2c(c1)[C@]1(SCCN1C(=O)c1ccc(F)cc1)C(=O)N2Cc1ccc(F)c(F)c1. The Morgan fingerprint density at radius 3 is 2.48 bits per heavy atom. The van der Waals surface area contributed by atoms with Gasteiger partial charge in [-0.3, -0.25) is 9.59 Å². The van der Waals surface area contributed by atoms with E-state index in [-0.39, 0.29) is 18.4 Å². The van der Waals surface area contributed by atoms with Crippen molar-refractivity contribution >= 4 is 29.3 Å². The van der Waals surface area contributed by atoms with Crippen LogP contribution < -0.4 is 4.90 Å². The Hall–Kier alpha value is -3.26. The topological polar surface area (TPSA) is 40.6 Å². The van der Waals surface area contributed by atoms with Crippen molar-refractivity contribution in [2.24, 2.45) is 0 Å². The number of nitrogens with zero attached hydrogens (tertiary/aromatic N) is 2. The molecular weight excluding hydrogens is 449 g/mol. The summed E-state index contributed by atoms with van der Waals surface area (Å²) in [6.45, 7) is 2.29. The standard InChI is InChI=1S/C25H19F3N2O2S/c1-15-2-9-22-19(12-15)25(24(32)29(22)14-16-3-8-20(27)21(28)13-16)30(10-11-33-25)23(31)17-4-6-18(26)7-5-17/h2-9,12-13H,10-11,14H2,1H3/t25-/m0/s1. The average molecular weight is 469 g/mol. The minimum absolute atomic E-state index is 0.0347. The Balaban J connectivity index is 1.59. The quantitative estimate of drug-likeness (QED) is 0.543. The monoisotopic (exact) mass is 468 g/mol. The van der Waals surface area contributed by atoms with Crippen LogP contribution in [0.15, 0.2) is 60.7 Å². The van der Waals surface area contributed by atoms with Gasteiger partial charge in [0.1, 0.15) is 5.82 Å². The normalized spacial score (nSPS) is 19.5. The number of hydrogen-bond acceptors (Lipinski definition) is 3. The second-order valence-corrected chi connectivity index (χ2v) is 9.40. The highest BCUT2D eigenvalue weighted by atomic mass is 32.2. The third-order valence-corrected chi connectivity index (χ3v) is 7.43. The molecule has 0 radical (unpaired) electrons. The second-order valence-electron chi connectivity index (χ2n) is 8.12. The van der Waals surface area contributed by atoms with E-state index in [4.69, 9.17) is 0 Å². The van der Waals surface area contributed by atoms with Gasteiger partial charge in [0.25, 0.3) is 11.8 Å². The molecular formula is C25H19F3N2O2S. The first kappa shape index (κ1) is 21.6. The van der Waals surface area contributed by atoms with Gasteiger partial charge in [-0.05, 0) is 55.0 Å². The molecule has 168 valence electrons. The highest BCUT2D eigenvalue weighted by Gasteiger charge is 2.59. The van der Waals surface area contributed by atoms with Crippen molar-refractivity contribution in [2.45, 2.75) is 18.3 Å². The maximum Gasteiger partial charge on any atom is 0.268 e. The van der Waals surface area contributed by atoms with Crippen LogP contribution in [0, 0.1) is 24.4 Å². The van der Waals surface area contributed by atoms with E-state index in [1.54, 1.807) is 0 Å². The Labute approximate surface area is 193 Å². The number of amides is 2. The molecule has 2 aliphatic heterocycles. The van der Waals surface area contributed by atoms with Crippen LogP contribution in [0.2, 0.25) is 0 Å². The fourth-order valence-corrected chi connectivity index (χ4v) is 5.91. The molecule has 8 heteroatoms. The van der Waals surface area contributed by atoms with Crippen molar-refractivity contribution in [1.82, 2.24) is 4.90 Å². The highest BCUT2D eigenvalue weighted by molar-refractivity contribution is 8.01. The molecule has 0 bridgehead atoms. The van der Waals surface area contributed by atoms with Crippen LogP contribution >= 0.6 is 11.8 Å². The summed E-state index contributed by atoms with van der Waals surface area (Å²) in [6.07, 6.45) is 0. The van der Waals surface area contributed by atoms with E-state index < -0.39 is 22.3 Å². The summed E-state index contributed by atoms with van der Waals surface area (Å²) in [7, 11) is 0. The molecule has 1 fully saturated rings. The molecule has 5 rings (SSSR count). The Bertz CT molecular complexity index is 1280. The van der Waals surface area contributed by atoms with Crippen molar-refractivity contribution < 1.29 is 22.8 Å². The average Bonchev–Trinajstić information content (AvgIpc) is 3.33. The summed E-state index contributed by atoms with van der Waals surface area (Å²) < 4.78 is 40.6. The lowest BCUT2D eigenvalue weighted by atomic mass is 10.0. The predicted molar refractivity (Wildman–Crippen MR) is 120 cm³/mol. The molecule has 33 heavy (non-hydrogen) atoms. The van der Waals surface area contributed by atoms with Gasteiger partial charge in [0.2, 0.25) is 0 Å². The molecule has 2 aliphatic rings. The number of hydrogen-bond donors (Lipinski definition) is 0. The lowest BCUT2D eigenvalue weighted by molar-refractivity contribution is -0.123. The summed E-state index contributed by atoms with van der Waals surface area (Å²) in [4.78, 5) is 29.2. The number of thioether (sulfide) groups is 1. The first-order valence-electron chi connectivity index (χ1n) is 10.4. The van der Waals surface area contributed by atoms with E-state index in [1.807, 2.05) is 25.1 Å². The first-order valence-corrected chi connectivity index (χ1v) is 11.4. The molecule has 0 unspecified atom stereocenters. The smallest absolute Gasteiger partial charge is 0.268 e. The molecule has 4 nitrogen and oxygen atoms in total. The number of aryl methyl sites for hydroxylation is 1. The highest BCUT2D eigenvalue weighted by Crippen LogP contribution is 2.55. The zero-order valence-electron chi connectivity index (χ0n) is 17.6. The number of carbonyl (C=O) groups excluding carboxylic acids is 2. The van der Waals surface area contributed by atoms with Gasteiger partial charge < -0.3 is 9.80 Å². The Morgan fingerprint density at radius 2 is 1.76 bits per heavy atom. The van der Waals surface area contributed by atoms with Crippen LogP contribution in [0.3, 0.4) is 0 Å². The van der Waals surface area contributed by atoms with Gasteiger partial charge in [0.15, 0.2) is 16.5 Å². The molecule has 3 aromatic rings. The zero-order valence-corrected chi connectivity index (χ0v) is 18.5. The lowest BCUT2D eigenvalue weighted by Crippen LogP contribution is -2.50. The molecule has 1 atom stereocenters. The summed E-state index contributed by atoms with van der Waals surface area (Å²) in [5, 5.41) is 0. The first-order chi connectivity index (χ1) is 15.8. The number of halogens is 3. The molecule has 1 saturated heterocycles. The third-order valence-electron chi connectivity index (χ3n) is 6.01. The number of rotatable bonds is 3. The van der Waals surface area contributed by atoms with Gasteiger partial charge in [0, 0.05) is 23.4 Å². The van der Waals surface area contributed by atoms with E-state index in [0.29, 0.717) is 34.7 Å². The molecule has 0 aliphatic carbocycles. The Kier molecular flexibility index (Phi) is 5.20. The van der Waals surface area contributed by atoms with E-state index in [9.17, 15) is 22.8 Å². The third kappa shape index (κ3) is 3.40. The van der Waals surface area contributed by atoms with Gasteiger partial charge in [-0.1, -0.05) is 23.8 Å². The van der Waals surface area contributed by atoms with Gasteiger partial charge in [-0.25, -0.2) is 13.2 Å². The minimum Gasteiger partial charge on any atom is -0.311 e. The maximum absolute atomic E-state index is 13.9. The van der Waals surface area contributed by atoms with Gasteiger partial charge in [0.05, 0.1) is 12.2 Å². The second kappa shape index (κ2) is 7.95. The largest absolute Gasteiger partial charge is 0.311 e. The summed E-state index contributed by atoms with van der Waals surface area (Å²) >= 11 is 1.37. The number of fused-ring (bicyclic) bond motifs is 2. The van der Waals surface area contributed by atoms with Crippen LogP contribution in [0.1, 0.15) is 27.0 Å². The summed E-state index contributed by atoms with van der Waals surface area (Å²) in [5.74, 6) is -2.53. The van der Waals surface area contributed by atoms with Crippen LogP contribution in [0.4, 0.5) is 18.9 Å². The molecule has 2 amide bonds. The number of anilines is 1. The van der Waals surface area contributed by atoms with Gasteiger partial charge in [-0.15, -0.1) is 11.8 Å². The molecule has 1 spiro atoms. The van der Waals surface area contributed by atoms with Crippen molar-refractivity contribution in [2.75, 3.05) is 17.2 Å². The van der Waals surface area contributed by atoms with E-state index in [1.165, 1.54) is 51.9 Å². The fourth-order valence-electron chi connectivity index (χ4n) is 4.45. The molecule has 0 aromatic heterocycles. The number of carbonyl (C=O) groups is 2. The zero-order chi connectivity index (χ0) is 23.3. The van der Waals surface area contributed by atoms with Crippen LogP contribution in [-0.4, -0.2) is 29.0 Å². The Morgan fingerprint density at radius 1 is 1.00 bits per heavy atom. The van der Waals surface area contributed by atoms with E-state index in [2.05, 4.69) is 0 Å². The van der Waals surface area contributed by atoms with Crippen LogP contribution in [-0.2, 0) is 16.2 Å². The van der Waals surface area contributed by atoms with Crippen molar-refractivity contribution in [3.63, 3.8) is 0 Å².